The number of benzene rings is 1. The van der Waals surface area contributed by atoms with E-state index in [-0.39, 0.29) is 5.41 Å². The number of hydrogen-bond acceptors (Lipinski definition) is 2. The van der Waals surface area contributed by atoms with Gasteiger partial charge < -0.3 is 4.98 Å². The molecule has 102 valence electrons. The molecule has 1 N–H and O–H groups in total. The molecule has 4 heteroatoms. The predicted molar refractivity (Wildman–Crippen MR) is 83.0 cm³/mol. The number of H-pyrrole nitrogens is 1. The molecular formula is C16H16ClN3. The Kier molecular flexibility index (Phi) is 3.02. The fourth-order valence-corrected chi connectivity index (χ4v) is 2.37. The Bertz CT molecular complexity index is 751. The van der Waals surface area contributed by atoms with Gasteiger partial charge in [0, 0.05) is 11.8 Å². The number of imidazole rings is 1. The highest BCUT2D eigenvalue weighted by Crippen LogP contribution is 2.27. The van der Waals surface area contributed by atoms with Crippen LogP contribution in [0.4, 0.5) is 0 Å². The Morgan fingerprint density at radius 1 is 1.05 bits per heavy atom. The second-order valence-corrected chi connectivity index (χ2v) is 6.27. The number of nitrogens with one attached hydrogen (secondary N) is 1. The molecule has 0 bridgehead atoms. The lowest BCUT2D eigenvalue weighted by Gasteiger charge is -2.18. The molecule has 0 aliphatic heterocycles. The highest BCUT2D eigenvalue weighted by atomic mass is 35.5. The number of hydrogen-bond donors (Lipinski definition) is 1. The normalized spacial score (nSPS) is 12.0. The number of halogens is 1. The Morgan fingerprint density at radius 3 is 2.35 bits per heavy atom. The molecule has 2 heterocycles. The van der Waals surface area contributed by atoms with Crippen molar-refractivity contribution in [3.8, 4) is 11.4 Å². The fourth-order valence-electron chi connectivity index (χ4n) is 2.17. The van der Waals surface area contributed by atoms with Crippen LogP contribution in [0.15, 0.2) is 36.5 Å². The first-order valence-electron chi connectivity index (χ1n) is 6.56. The molecule has 20 heavy (non-hydrogen) atoms. The highest BCUT2D eigenvalue weighted by molar-refractivity contribution is 6.33. The summed E-state index contributed by atoms with van der Waals surface area (Å²) in [6.07, 6.45) is 1.68. The molecule has 3 nitrogen and oxygen atoms in total. The summed E-state index contributed by atoms with van der Waals surface area (Å²) < 4.78 is 0. The van der Waals surface area contributed by atoms with Gasteiger partial charge in [0.05, 0.1) is 5.52 Å². The Morgan fingerprint density at radius 2 is 1.75 bits per heavy atom. The lowest BCUT2D eigenvalue weighted by Crippen LogP contribution is -2.10. The minimum atomic E-state index is 0.152. The summed E-state index contributed by atoms with van der Waals surface area (Å²) in [5.74, 6) is 0.815. The van der Waals surface area contributed by atoms with E-state index in [0.29, 0.717) is 10.7 Å². The average Bonchev–Trinajstić information content (AvgIpc) is 2.83. The molecule has 0 aliphatic rings. The number of pyridine rings is 1. The first-order valence-corrected chi connectivity index (χ1v) is 6.94. The molecular weight excluding hydrogens is 270 g/mol. The summed E-state index contributed by atoms with van der Waals surface area (Å²) >= 11 is 6.05. The van der Waals surface area contributed by atoms with Crippen molar-refractivity contribution in [3.63, 3.8) is 0 Å². The van der Waals surface area contributed by atoms with Crippen LogP contribution in [0, 0.1) is 0 Å². The lowest BCUT2D eigenvalue weighted by molar-refractivity contribution is 0.590. The van der Waals surface area contributed by atoms with Gasteiger partial charge in [-0.05, 0) is 17.0 Å². The van der Waals surface area contributed by atoms with Crippen molar-refractivity contribution in [1.29, 1.82) is 0 Å². The van der Waals surface area contributed by atoms with E-state index in [9.17, 15) is 0 Å². The lowest BCUT2D eigenvalue weighted by atomic mass is 9.87. The molecule has 0 aliphatic carbocycles. The first kappa shape index (κ1) is 13.1. The maximum Gasteiger partial charge on any atom is 0.156 e. The maximum absolute atomic E-state index is 6.05. The standard InChI is InChI=1S/C16H16ClN3/c1-16(2,3)11-6-4-10(5-7-11)15-19-12-8-9-18-14(17)13(12)20-15/h4-9H,1-3H3,(H,19,20). The topological polar surface area (TPSA) is 41.6 Å². The van der Waals surface area contributed by atoms with Crippen molar-refractivity contribution in [2.45, 2.75) is 26.2 Å². The minimum absolute atomic E-state index is 0.152. The van der Waals surface area contributed by atoms with Gasteiger partial charge in [-0.1, -0.05) is 56.6 Å². The summed E-state index contributed by atoms with van der Waals surface area (Å²) in [6, 6.07) is 10.3. The number of aromatic nitrogens is 3. The molecule has 2 aromatic heterocycles. The number of nitrogens with zero attached hydrogens (tertiary/aromatic N) is 2. The van der Waals surface area contributed by atoms with Crippen LogP contribution in [-0.4, -0.2) is 15.0 Å². The van der Waals surface area contributed by atoms with Crippen molar-refractivity contribution in [3.05, 3.63) is 47.2 Å². The number of fused-ring (bicyclic) bond motifs is 1. The van der Waals surface area contributed by atoms with E-state index >= 15 is 0 Å². The van der Waals surface area contributed by atoms with Crippen LogP contribution in [0.3, 0.4) is 0 Å². The fraction of sp³-hybridized carbons (Fsp3) is 0.250. The van der Waals surface area contributed by atoms with Gasteiger partial charge in [0.15, 0.2) is 5.15 Å². The van der Waals surface area contributed by atoms with Gasteiger partial charge in [-0.2, -0.15) is 0 Å². The third-order valence-electron chi connectivity index (χ3n) is 3.38. The van der Waals surface area contributed by atoms with E-state index in [4.69, 9.17) is 11.6 Å². The summed E-state index contributed by atoms with van der Waals surface area (Å²) in [6.45, 7) is 6.61. The molecule has 0 fully saturated rings. The molecule has 3 rings (SSSR count). The van der Waals surface area contributed by atoms with Crippen molar-refractivity contribution in [1.82, 2.24) is 15.0 Å². The van der Waals surface area contributed by atoms with Crippen LogP contribution in [0.2, 0.25) is 5.15 Å². The monoisotopic (exact) mass is 285 g/mol. The maximum atomic E-state index is 6.05. The van der Waals surface area contributed by atoms with E-state index < -0.39 is 0 Å². The van der Waals surface area contributed by atoms with Gasteiger partial charge in [-0.15, -0.1) is 0 Å². The molecule has 0 amide bonds. The third kappa shape index (κ3) is 2.29. The van der Waals surface area contributed by atoms with Gasteiger partial charge in [0.25, 0.3) is 0 Å². The van der Waals surface area contributed by atoms with Crippen LogP contribution in [0.25, 0.3) is 22.4 Å². The quantitative estimate of drug-likeness (QED) is 0.665. The van der Waals surface area contributed by atoms with Crippen molar-refractivity contribution in [2.24, 2.45) is 0 Å². The van der Waals surface area contributed by atoms with Gasteiger partial charge in [0.2, 0.25) is 0 Å². The largest absolute Gasteiger partial charge is 0.338 e. The van der Waals surface area contributed by atoms with Crippen molar-refractivity contribution < 1.29 is 0 Å². The molecule has 0 atom stereocenters. The summed E-state index contributed by atoms with van der Waals surface area (Å²) in [7, 11) is 0. The second kappa shape index (κ2) is 4.60. The SMILES string of the molecule is CC(C)(C)c1ccc(-c2nc3c(Cl)nccc3[nH]2)cc1. The molecule has 0 unspecified atom stereocenters. The van der Waals surface area contributed by atoms with Crippen LogP contribution in [-0.2, 0) is 5.41 Å². The summed E-state index contributed by atoms with van der Waals surface area (Å²) in [5, 5.41) is 0.427. The molecule has 0 saturated carbocycles. The zero-order valence-electron chi connectivity index (χ0n) is 11.7. The molecule has 0 saturated heterocycles. The highest BCUT2D eigenvalue weighted by Gasteiger charge is 2.14. The number of aromatic amines is 1. The molecule has 3 aromatic rings. The Balaban J connectivity index is 2.05. The van der Waals surface area contributed by atoms with Crippen molar-refractivity contribution in [2.75, 3.05) is 0 Å². The van der Waals surface area contributed by atoms with E-state index in [1.165, 1.54) is 5.56 Å². The van der Waals surface area contributed by atoms with Gasteiger partial charge in [0.1, 0.15) is 11.3 Å². The molecule has 0 spiro atoms. The second-order valence-electron chi connectivity index (χ2n) is 5.91. The zero-order chi connectivity index (χ0) is 14.3. The van der Waals surface area contributed by atoms with Crippen molar-refractivity contribution >= 4 is 22.6 Å². The van der Waals surface area contributed by atoms with Crippen LogP contribution in [0.5, 0.6) is 0 Å². The van der Waals surface area contributed by atoms with E-state index in [1.54, 1.807) is 6.20 Å². The predicted octanol–water partition coefficient (Wildman–Crippen LogP) is 4.58. The van der Waals surface area contributed by atoms with E-state index in [0.717, 1.165) is 16.9 Å². The Labute approximate surface area is 123 Å². The third-order valence-corrected chi connectivity index (χ3v) is 3.66. The summed E-state index contributed by atoms with van der Waals surface area (Å²) in [5.41, 5.74) is 4.12. The van der Waals surface area contributed by atoms with E-state index in [2.05, 4.69) is 60.0 Å². The van der Waals surface area contributed by atoms with Gasteiger partial charge in [-0.3, -0.25) is 0 Å². The zero-order valence-corrected chi connectivity index (χ0v) is 12.5. The average molecular weight is 286 g/mol. The summed E-state index contributed by atoms with van der Waals surface area (Å²) in [4.78, 5) is 11.8. The smallest absolute Gasteiger partial charge is 0.156 e. The Hall–Kier alpha value is -1.87. The molecule has 0 radical (unpaired) electrons. The van der Waals surface area contributed by atoms with Crippen LogP contribution >= 0.6 is 11.6 Å². The number of rotatable bonds is 1. The van der Waals surface area contributed by atoms with E-state index in [1.807, 2.05) is 6.07 Å². The minimum Gasteiger partial charge on any atom is -0.338 e. The van der Waals surface area contributed by atoms with Crippen LogP contribution < -0.4 is 0 Å². The first-order chi connectivity index (χ1) is 9.45. The van der Waals surface area contributed by atoms with Gasteiger partial charge >= 0.3 is 0 Å². The van der Waals surface area contributed by atoms with Crippen LogP contribution in [0.1, 0.15) is 26.3 Å². The molecule has 1 aromatic carbocycles. The van der Waals surface area contributed by atoms with Gasteiger partial charge in [-0.25, -0.2) is 9.97 Å².